The summed E-state index contributed by atoms with van der Waals surface area (Å²) in [5.41, 5.74) is 7.33. The highest BCUT2D eigenvalue weighted by Crippen LogP contribution is 2.29. The van der Waals surface area contributed by atoms with E-state index < -0.39 is 0 Å². The normalized spacial score (nSPS) is 10.3. The highest BCUT2D eigenvalue weighted by molar-refractivity contribution is 9.10. The van der Waals surface area contributed by atoms with Crippen molar-refractivity contribution >= 4 is 21.6 Å². The summed E-state index contributed by atoms with van der Waals surface area (Å²) in [4.78, 5) is 3.93. The number of hydrogen-bond acceptors (Lipinski definition) is 2. The molecule has 1 aromatic carbocycles. The summed E-state index contributed by atoms with van der Waals surface area (Å²) in [5, 5.41) is 0. The second-order valence-electron chi connectivity index (χ2n) is 3.09. The Balaban J connectivity index is 2.64. The van der Waals surface area contributed by atoms with Crippen molar-refractivity contribution in [1.29, 1.82) is 0 Å². The van der Waals surface area contributed by atoms with Gasteiger partial charge in [0.2, 0.25) is 0 Å². The van der Waals surface area contributed by atoms with Crippen molar-refractivity contribution in [3.05, 3.63) is 46.9 Å². The fourth-order valence-corrected chi connectivity index (χ4v) is 1.70. The molecule has 2 rings (SSSR count). The summed E-state index contributed by atoms with van der Waals surface area (Å²) >= 11 is 3.29. The topological polar surface area (TPSA) is 38.9 Å². The molecule has 15 heavy (non-hydrogen) atoms. The monoisotopic (exact) mass is 266 g/mol. The number of pyridine rings is 1. The van der Waals surface area contributed by atoms with E-state index in [2.05, 4.69) is 20.9 Å². The maximum Gasteiger partial charge on any atom is 0.131 e. The molecule has 0 aliphatic carbocycles. The minimum atomic E-state index is -0.307. The third-order valence-electron chi connectivity index (χ3n) is 2.07. The van der Waals surface area contributed by atoms with E-state index in [9.17, 15) is 4.39 Å². The van der Waals surface area contributed by atoms with E-state index >= 15 is 0 Å². The summed E-state index contributed by atoms with van der Waals surface area (Å²) < 4.78 is 14.3. The van der Waals surface area contributed by atoms with Gasteiger partial charge in [-0.1, -0.05) is 15.9 Å². The first-order valence-corrected chi connectivity index (χ1v) is 5.12. The smallest absolute Gasteiger partial charge is 0.131 e. The number of aromatic nitrogens is 1. The van der Waals surface area contributed by atoms with Gasteiger partial charge in [0.15, 0.2) is 0 Å². The van der Waals surface area contributed by atoms with Gasteiger partial charge in [0.05, 0.1) is 0 Å². The van der Waals surface area contributed by atoms with Gasteiger partial charge < -0.3 is 5.73 Å². The summed E-state index contributed by atoms with van der Waals surface area (Å²) in [5.74, 6) is -0.307. The molecule has 0 radical (unpaired) electrons. The maximum atomic E-state index is 13.5. The zero-order chi connectivity index (χ0) is 10.8. The summed E-state index contributed by atoms with van der Waals surface area (Å²) in [6.07, 6.45) is 3.13. The minimum absolute atomic E-state index is 0.307. The van der Waals surface area contributed by atoms with Crippen LogP contribution in [-0.2, 0) is 0 Å². The maximum absolute atomic E-state index is 13.5. The number of benzene rings is 1. The van der Waals surface area contributed by atoms with Crippen molar-refractivity contribution in [2.45, 2.75) is 0 Å². The van der Waals surface area contributed by atoms with Crippen LogP contribution in [0.15, 0.2) is 41.1 Å². The van der Waals surface area contributed by atoms with Crippen molar-refractivity contribution in [2.75, 3.05) is 5.73 Å². The molecule has 0 atom stereocenters. The van der Waals surface area contributed by atoms with Crippen LogP contribution in [0, 0.1) is 5.82 Å². The van der Waals surface area contributed by atoms with E-state index in [1.54, 1.807) is 30.6 Å². The van der Waals surface area contributed by atoms with Crippen LogP contribution in [0.1, 0.15) is 0 Å². The number of nitrogens with zero attached hydrogens (tertiary/aromatic N) is 1. The van der Waals surface area contributed by atoms with Crippen LogP contribution in [0.4, 0.5) is 10.1 Å². The number of hydrogen-bond donors (Lipinski definition) is 1. The molecule has 1 aromatic heterocycles. The number of anilines is 1. The quantitative estimate of drug-likeness (QED) is 0.861. The predicted octanol–water partition coefficient (Wildman–Crippen LogP) is 3.23. The van der Waals surface area contributed by atoms with E-state index in [0.717, 1.165) is 4.47 Å². The van der Waals surface area contributed by atoms with Crippen LogP contribution < -0.4 is 5.73 Å². The molecule has 0 spiro atoms. The molecule has 76 valence electrons. The van der Waals surface area contributed by atoms with Crippen molar-refractivity contribution in [3.63, 3.8) is 0 Å². The average molecular weight is 267 g/mol. The zero-order valence-corrected chi connectivity index (χ0v) is 9.33. The highest BCUT2D eigenvalue weighted by atomic mass is 79.9. The van der Waals surface area contributed by atoms with Gasteiger partial charge in [0.25, 0.3) is 0 Å². The second kappa shape index (κ2) is 3.98. The van der Waals surface area contributed by atoms with Crippen LogP contribution in [0.2, 0.25) is 0 Å². The summed E-state index contributed by atoms with van der Waals surface area (Å²) in [6.45, 7) is 0. The molecule has 4 heteroatoms. The molecule has 0 aliphatic heterocycles. The van der Waals surface area contributed by atoms with Gasteiger partial charge in [-0.2, -0.15) is 0 Å². The Morgan fingerprint density at radius 3 is 2.73 bits per heavy atom. The van der Waals surface area contributed by atoms with Crippen molar-refractivity contribution in [1.82, 2.24) is 4.98 Å². The molecular weight excluding hydrogens is 259 g/mol. The minimum Gasteiger partial charge on any atom is -0.398 e. The molecule has 0 bridgehead atoms. The molecule has 0 saturated heterocycles. The van der Waals surface area contributed by atoms with Gasteiger partial charge in [-0.3, -0.25) is 4.98 Å². The van der Waals surface area contributed by atoms with Crippen LogP contribution in [0.5, 0.6) is 0 Å². The van der Waals surface area contributed by atoms with E-state index in [-0.39, 0.29) is 5.82 Å². The first kappa shape index (κ1) is 10.1. The standard InChI is InChI=1S/C11H8BrFN2/c12-7-1-2-10(13)8(5-7)9-6-15-4-3-11(9)14/h1-6H,(H2,14,15). The SMILES string of the molecule is Nc1ccncc1-c1cc(Br)ccc1F. The summed E-state index contributed by atoms with van der Waals surface area (Å²) in [7, 11) is 0. The lowest BCUT2D eigenvalue weighted by molar-refractivity contribution is 0.631. The first-order valence-electron chi connectivity index (χ1n) is 4.33. The van der Waals surface area contributed by atoms with Crippen LogP contribution in [0.3, 0.4) is 0 Å². The van der Waals surface area contributed by atoms with Gasteiger partial charge in [-0.15, -0.1) is 0 Å². The lowest BCUT2D eigenvalue weighted by Crippen LogP contribution is -1.93. The van der Waals surface area contributed by atoms with E-state index in [4.69, 9.17) is 5.73 Å². The lowest BCUT2D eigenvalue weighted by atomic mass is 10.1. The van der Waals surface area contributed by atoms with Gasteiger partial charge in [-0.05, 0) is 24.3 Å². The molecule has 0 saturated carbocycles. The van der Waals surface area contributed by atoms with Crippen molar-refractivity contribution < 1.29 is 4.39 Å². The Kier molecular flexibility index (Phi) is 2.68. The zero-order valence-electron chi connectivity index (χ0n) is 7.74. The third kappa shape index (κ3) is 1.99. The van der Waals surface area contributed by atoms with E-state index in [1.165, 1.54) is 6.07 Å². The molecule has 0 fully saturated rings. The number of nitrogens with two attached hydrogens (primary N) is 1. The Labute approximate surface area is 95.1 Å². The van der Waals surface area contributed by atoms with Crippen molar-refractivity contribution in [2.24, 2.45) is 0 Å². The van der Waals surface area contributed by atoms with E-state index in [1.807, 2.05) is 0 Å². The predicted molar refractivity (Wildman–Crippen MR) is 61.7 cm³/mol. The molecular formula is C11H8BrFN2. The number of halogens is 2. The Morgan fingerprint density at radius 1 is 1.20 bits per heavy atom. The fraction of sp³-hybridized carbons (Fsp3) is 0. The second-order valence-corrected chi connectivity index (χ2v) is 4.00. The van der Waals surface area contributed by atoms with Gasteiger partial charge in [-0.25, -0.2) is 4.39 Å². The highest BCUT2D eigenvalue weighted by Gasteiger charge is 2.08. The molecule has 2 aromatic rings. The number of rotatable bonds is 1. The molecule has 0 aliphatic rings. The van der Waals surface area contributed by atoms with Gasteiger partial charge in [0, 0.05) is 33.7 Å². The number of nitrogen functional groups attached to an aromatic ring is 1. The molecule has 2 nitrogen and oxygen atoms in total. The molecule has 0 unspecified atom stereocenters. The van der Waals surface area contributed by atoms with Crippen LogP contribution in [-0.4, -0.2) is 4.98 Å². The molecule has 2 N–H and O–H groups in total. The largest absolute Gasteiger partial charge is 0.398 e. The fourth-order valence-electron chi connectivity index (χ4n) is 1.33. The van der Waals surface area contributed by atoms with Crippen molar-refractivity contribution in [3.8, 4) is 11.1 Å². The van der Waals surface area contributed by atoms with Gasteiger partial charge in [0.1, 0.15) is 5.82 Å². The van der Waals surface area contributed by atoms with Crippen LogP contribution >= 0.6 is 15.9 Å². The van der Waals surface area contributed by atoms with E-state index in [0.29, 0.717) is 16.8 Å². The third-order valence-corrected chi connectivity index (χ3v) is 2.57. The summed E-state index contributed by atoms with van der Waals surface area (Å²) in [6, 6.07) is 6.37. The molecule has 0 amide bonds. The first-order chi connectivity index (χ1) is 7.18. The Morgan fingerprint density at radius 2 is 2.00 bits per heavy atom. The lowest BCUT2D eigenvalue weighted by Gasteiger charge is -2.06. The Hall–Kier alpha value is -1.42. The van der Waals surface area contributed by atoms with Crippen LogP contribution in [0.25, 0.3) is 11.1 Å². The average Bonchev–Trinajstić information content (AvgIpc) is 2.23. The molecule has 1 heterocycles. The Bertz CT molecular complexity index is 500. The van der Waals surface area contributed by atoms with Gasteiger partial charge >= 0.3 is 0 Å².